The molecule has 3 heteroatoms. The summed E-state index contributed by atoms with van der Waals surface area (Å²) >= 11 is 0. The third kappa shape index (κ3) is 2.17. The molecule has 1 unspecified atom stereocenters. The molecule has 1 heterocycles. The number of hydrogen-bond acceptors (Lipinski definition) is 2. The number of fused-ring (bicyclic) bond motifs is 1. The average molecular weight is 245 g/mol. The lowest BCUT2D eigenvalue weighted by molar-refractivity contribution is -0.117. The second-order valence-corrected chi connectivity index (χ2v) is 4.90. The second kappa shape index (κ2) is 4.92. The van der Waals surface area contributed by atoms with E-state index >= 15 is 0 Å². The molecule has 0 N–H and O–H groups in total. The van der Waals surface area contributed by atoms with E-state index in [1.54, 1.807) is 6.92 Å². The van der Waals surface area contributed by atoms with Gasteiger partial charge in [0.05, 0.1) is 0 Å². The Bertz CT molecular complexity index is 493. The molecule has 0 saturated heterocycles. The van der Waals surface area contributed by atoms with Crippen molar-refractivity contribution >= 4 is 17.4 Å². The standard InChI is InChI=1S/C15H19NO2/c1-4-15(18)13-8-7-12-6-5-10(2)16(11(3)17)14(12)9-13/h7-10H,4-6H2,1-3H3. The van der Waals surface area contributed by atoms with Gasteiger partial charge in [0.1, 0.15) is 0 Å². The van der Waals surface area contributed by atoms with Gasteiger partial charge in [0.25, 0.3) is 0 Å². The Morgan fingerprint density at radius 2 is 2.11 bits per heavy atom. The number of carbonyl (C=O) groups excluding carboxylic acids is 2. The lowest BCUT2D eigenvalue weighted by atomic mass is 9.94. The fourth-order valence-electron chi connectivity index (χ4n) is 2.59. The van der Waals surface area contributed by atoms with Crippen molar-refractivity contribution in [3.05, 3.63) is 29.3 Å². The Balaban J connectivity index is 2.48. The molecule has 96 valence electrons. The quantitative estimate of drug-likeness (QED) is 0.751. The summed E-state index contributed by atoms with van der Waals surface area (Å²) in [4.78, 5) is 25.3. The molecule has 0 aromatic heterocycles. The number of amides is 1. The average Bonchev–Trinajstić information content (AvgIpc) is 2.36. The molecule has 0 spiro atoms. The zero-order chi connectivity index (χ0) is 13.3. The molecule has 1 aliphatic heterocycles. The lowest BCUT2D eigenvalue weighted by Crippen LogP contribution is -2.40. The van der Waals surface area contributed by atoms with E-state index in [-0.39, 0.29) is 17.7 Å². The number of anilines is 1. The van der Waals surface area contributed by atoms with Crippen molar-refractivity contribution in [3.63, 3.8) is 0 Å². The SMILES string of the molecule is CCC(=O)c1ccc2c(c1)N(C(C)=O)C(C)CC2. The van der Waals surface area contributed by atoms with E-state index in [4.69, 9.17) is 0 Å². The van der Waals surface area contributed by atoms with Crippen molar-refractivity contribution < 1.29 is 9.59 Å². The predicted octanol–water partition coefficient (Wildman–Crippen LogP) is 2.97. The number of ketones is 1. The van der Waals surface area contributed by atoms with Crippen molar-refractivity contribution in [1.82, 2.24) is 0 Å². The number of nitrogens with zero attached hydrogens (tertiary/aromatic N) is 1. The first-order valence-electron chi connectivity index (χ1n) is 6.50. The van der Waals surface area contributed by atoms with Gasteiger partial charge in [0, 0.05) is 30.6 Å². The van der Waals surface area contributed by atoms with E-state index in [1.165, 1.54) is 0 Å². The fourth-order valence-corrected chi connectivity index (χ4v) is 2.59. The Morgan fingerprint density at radius 1 is 1.39 bits per heavy atom. The van der Waals surface area contributed by atoms with Crippen LogP contribution in [0.5, 0.6) is 0 Å². The summed E-state index contributed by atoms with van der Waals surface area (Å²) < 4.78 is 0. The summed E-state index contributed by atoms with van der Waals surface area (Å²) in [5.74, 6) is 0.170. The smallest absolute Gasteiger partial charge is 0.224 e. The minimum Gasteiger partial charge on any atom is -0.310 e. The Hall–Kier alpha value is -1.64. The van der Waals surface area contributed by atoms with Gasteiger partial charge < -0.3 is 4.90 Å². The molecule has 0 aliphatic carbocycles. The van der Waals surface area contributed by atoms with Gasteiger partial charge in [-0.1, -0.05) is 19.1 Å². The molecule has 1 atom stereocenters. The van der Waals surface area contributed by atoms with Crippen LogP contribution in [0, 0.1) is 0 Å². The van der Waals surface area contributed by atoms with E-state index < -0.39 is 0 Å². The van der Waals surface area contributed by atoms with Gasteiger partial charge in [0.2, 0.25) is 5.91 Å². The van der Waals surface area contributed by atoms with E-state index in [0.717, 1.165) is 24.1 Å². The monoisotopic (exact) mass is 245 g/mol. The fraction of sp³-hybridized carbons (Fsp3) is 0.467. The second-order valence-electron chi connectivity index (χ2n) is 4.90. The molecular formula is C15H19NO2. The molecule has 18 heavy (non-hydrogen) atoms. The normalized spacial score (nSPS) is 18.4. The number of hydrogen-bond donors (Lipinski definition) is 0. The van der Waals surface area contributed by atoms with Crippen LogP contribution in [0.25, 0.3) is 0 Å². The van der Waals surface area contributed by atoms with Gasteiger partial charge in [0.15, 0.2) is 5.78 Å². The van der Waals surface area contributed by atoms with Crippen LogP contribution >= 0.6 is 0 Å². The lowest BCUT2D eigenvalue weighted by Gasteiger charge is -2.34. The number of aryl methyl sites for hydroxylation is 1. The minimum absolute atomic E-state index is 0.0459. The van der Waals surface area contributed by atoms with Crippen molar-refractivity contribution in [2.45, 2.75) is 46.1 Å². The molecule has 1 aromatic carbocycles. The third-order valence-electron chi connectivity index (χ3n) is 3.60. The summed E-state index contributed by atoms with van der Waals surface area (Å²) in [7, 11) is 0. The third-order valence-corrected chi connectivity index (χ3v) is 3.60. The van der Waals surface area contributed by atoms with Gasteiger partial charge >= 0.3 is 0 Å². The van der Waals surface area contributed by atoms with Crippen LogP contribution in [0.15, 0.2) is 18.2 Å². The molecule has 0 radical (unpaired) electrons. The van der Waals surface area contributed by atoms with E-state index in [2.05, 4.69) is 6.92 Å². The molecule has 0 bridgehead atoms. The van der Waals surface area contributed by atoms with Gasteiger partial charge in [-0.25, -0.2) is 0 Å². The molecule has 3 nitrogen and oxygen atoms in total. The molecule has 0 fully saturated rings. The Morgan fingerprint density at radius 3 is 2.72 bits per heavy atom. The highest BCUT2D eigenvalue weighted by Crippen LogP contribution is 2.31. The molecular weight excluding hydrogens is 226 g/mol. The zero-order valence-corrected chi connectivity index (χ0v) is 11.2. The van der Waals surface area contributed by atoms with Crippen LogP contribution in [0.2, 0.25) is 0 Å². The summed E-state index contributed by atoms with van der Waals surface area (Å²) in [5.41, 5.74) is 2.79. The first-order chi connectivity index (χ1) is 8.54. The summed E-state index contributed by atoms with van der Waals surface area (Å²) in [6.07, 6.45) is 2.45. The zero-order valence-electron chi connectivity index (χ0n) is 11.2. The van der Waals surface area contributed by atoms with Crippen molar-refractivity contribution in [1.29, 1.82) is 0 Å². The van der Waals surface area contributed by atoms with Crippen LogP contribution < -0.4 is 4.90 Å². The number of carbonyl (C=O) groups is 2. The van der Waals surface area contributed by atoms with Crippen LogP contribution in [0.1, 0.15) is 49.5 Å². The maximum atomic E-state index is 11.8. The van der Waals surface area contributed by atoms with E-state index in [0.29, 0.717) is 12.0 Å². The van der Waals surface area contributed by atoms with Crippen LogP contribution in [0.3, 0.4) is 0 Å². The maximum Gasteiger partial charge on any atom is 0.224 e. The summed E-state index contributed by atoms with van der Waals surface area (Å²) in [5, 5.41) is 0. The first-order valence-corrected chi connectivity index (χ1v) is 6.50. The van der Waals surface area contributed by atoms with Gasteiger partial charge in [-0.15, -0.1) is 0 Å². The van der Waals surface area contributed by atoms with Crippen LogP contribution in [-0.4, -0.2) is 17.7 Å². The Labute approximate surface area is 108 Å². The number of Topliss-reactive ketones (excluding diaryl/α,β-unsaturated/α-hetero) is 1. The molecule has 1 amide bonds. The van der Waals surface area contributed by atoms with Crippen LogP contribution in [0.4, 0.5) is 5.69 Å². The van der Waals surface area contributed by atoms with Crippen molar-refractivity contribution in [2.75, 3.05) is 4.90 Å². The predicted molar refractivity (Wildman–Crippen MR) is 72.0 cm³/mol. The topological polar surface area (TPSA) is 37.4 Å². The van der Waals surface area contributed by atoms with E-state index in [9.17, 15) is 9.59 Å². The summed E-state index contributed by atoms with van der Waals surface area (Å²) in [6, 6.07) is 5.94. The molecule has 1 aromatic rings. The highest BCUT2D eigenvalue weighted by Gasteiger charge is 2.26. The largest absolute Gasteiger partial charge is 0.310 e. The highest BCUT2D eigenvalue weighted by molar-refractivity contribution is 5.99. The molecule has 0 saturated carbocycles. The van der Waals surface area contributed by atoms with Crippen molar-refractivity contribution in [3.8, 4) is 0 Å². The van der Waals surface area contributed by atoms with Crippen molar-refractivity contribution in [2.24, 2.45) is 0 Å². The van der Waals surface area contributed by atoms with Gasteiger partial charge in [-0.3, -0.25) is 9.59 Å². The highest BCUT2D eigenvalue weighted by atomic mass is 16.2. The maximum absolute atomic E-state index is 11.8. The Kier molecular flexibility index (Phi) is 3.50. The van der Waals surface area contributed by atoms with Gasteiger partial charge in [-0.05, 0) is 31.4 Å². The molecule has 2 rings (SSSR count). The van der Waals surface area contributed by atoms with Gasteiger partial charge in [-0.2, -0.15) is 0 Å². The van der Waals surface area contributed by atoms with Crippen LogP contribution in [-0.2, 0) is 11.2 Å². The number of benzene rings is 1. The van der Waals surface area contributed by atoms with E-state index in [1.807, 2.05) is 30.0 Å². The summed E-state index contributed by atoms with van der Waals surface area (Å²) in [6.45, 7) is 5.49. The number of rotatable bonds is 2. The molecule has 1 aliphatic rings. The minimum atomic E-state index is 0.0459. The first kappa shape index (κ1) is 12.8.